The van der Waals surface area contributed by atoms with Crippen LogP contribution in [0.25, 0.3) is 6.08 Å². The second kappa shape index (κ2) is 25.6. The Labute approximate surface area is 363 Å². The molecule has 344 valence electrons. The second-order valence-electron chi connectivity index (χ2n) is 14.7. The molecule has 1 aliphatic heterocycles. The molecule has 2 aromatic rings. The van der Waals surface area contributed by atoms with Gasteiger partial charge in [-0.1, -0.05) is 42.5 Å². The zero-order valence-electron chi connectivity index (χ0n) is 35.1. The molecule has 0 unspecified atom stereocenters. The predicted molar refractivity (Wildman–Crippen MR) is 223 cm³/mol. The average Bonchev–Trinajstić information content (AvgIpc) is 3.24. The molecule has 1 heterocycles. The third-order valence-electron chi connectivity index (χ3n) is 9.69. The number of unbranched alkanes of at least 4 members (excludes halogenated alkanes) is 1. The second-order valence-corrected chi connectivity index (χ2v) is 14.7. The van der Waals surface area contributed by atoms with Crippen molar-refractivity contribution >= 4 is 53.1 Å². The summed E-state index contributed by atoms with van der Waals surface area (Å²) in [4.78, 5) is 98.1. The Morgan fingerprint density at radius 3 is 2.24 bits per heavy atom. The minimum atomic E-state index is -1.53. The molecule has 11 N–H and O–H groups in total. The van der Waals surface area contributed by atoms with Gasteiger partial charge in [-0.3, -0.25) is 43.7 Å². The Hall–Kier alpha value is -6.33. The van der Waals surface area contributed by atoms with Crippen molar-refractivity contribution in [2.24, 2.45) is 11.5 Å². The van der Waals surface area contributed by atoms with Crippen molar-refractivity contribution < 1.29 is 62.9 Å². The lowest BCUT2D eigenvalue weighted by molar-refractivity contribution is -0.384. The molecule has 0 spiro atoms. The summed E-state index contributed by atoms with van der Waals surface area (Å²) >= 11 is 0. The van der Waals surface area contributed by atoms with Crippen molar-refractivity contribution in [1.82, 2.24) is 26.6 Å². The van der Waals surface area contributed by atoms with Crippen molar-refractivity contribution in [2.75, 3.05) is 13.2 Å². The van der Waals surface area contributed by atoms with Crippen LogP contribution < -0.4 is 38.1 Å². The largest absolute Gasteiger partial charge is 0.394 e. The van der Waals surface area contributed by atoms with Gasteiger partial charge in [-0.15, -0.1) is 0 Å². The van der Waals surface area contributed by atoms with Crippen LogP contribution in [0.2, 0.25) is 0 Å². The quantitative estimate of drug-likeness (QED) is 0.0242. The number of nitrogens with one attached hydrogen (secondary N) is 5. The van der Waals surface area contributed by atoms with Gasteiger partial charge in [0, 0.05) is 38.1 Å². The molecule has 3 rings (SSSR count). The Bertz CT molecular complexity index is 1940. The van der Waals surface area contributed by atoms with E-state index in [0.29, 0.717) is 18.4 Å². The number of carbonyl (C=O) groups is 7. The zero-order chi connectivity index (χ0) is 46.6. The highest BCUT2D eigenvalue weighted by atomic mass is 16.7. The lowest BCUT2D eigenvalue weighted by Crippen LogP contribution is -2.66. The highest BCUT2D eigenvalue weighted by Gasteiger charge is 2.48. The number of nitrogens with two attached hydrogens (primary N) is 2. The van der Waals surface area contributed by atoms with Gasteiger partial charge in [-0.2, -0.15) is 0 Å². The molecular formula is C41H56N8O14. The van der Waals surface area contributed by atoms with E-state index in [9.17, 15) is 53.9 Å². The minimum Gasteiger partial charge on any atom is -0.394 e. The number of benzene rings is 2. The Kier molecular flexibility index (Phi) is 20.7. The van der Waals surface area contributed by atoms with Crippen molar-refractivity contribution in [2.45, 2.75) is 114 Å². The number of nitro benzene ring substituents is 1. The van der Waals surface area contributed by atoms with Crippen molar-refractivity contribution in [1.29, 1.82) is 0 Å². The number of hydrogen-bond donors (Lipinski definition) is 9. The zero-order valence-corrected chi connectivity index (χ0v) is 35.1. The summed E-state index contributed by atoms with van der Waals surface area (Å²) in [6.07, 6.45) is -3.72. The smallest absolute Gasteiger partial charge is 0.270 e. The predicted octanol–water partition coefficient (Wildman–Crippen LogP) is -1.31. The van der Waals surface area contributed by atoms with E-state index < -0.39 is 108 Å². The van der Waals surface area contributed by atoms with Crippen LogP contribution in [-0.2, 0) is 54.4 Å². The molecular weight excluding hydrogens is 828 g/mol. The van der Waals surface area contributed by atoms with Gasteiger partial charge in [-0.05, 0) is 56.7 Å². The van der Waals surface area contributed by atoms with E-state index in [2.05, 4.69) is 26.6 Å². The Morgan fingerprint density at radius 2 is 1.60 bits per heavy atom. The maximum absolute atomic E-state index is 13.2. The molecule has 22 nitrogen and oxygen atoms in total. The first kappa shape index (κ1) is 51.0. The Balaban J connectivity index is 1.47. The van der Waals surface area contributed by atoms with Crippen LogP contribution in [0.15, 0.2) is 60.7 Å². The van der Waals surface area contributed by atoms with E-state index in [4.69, 9.17) is 25.7 Å². The number of amides is 7. The first-order chi connectivity index (χ1) is 29.9. The van der Waals surface area contributed by atoms with Crippen LogP contribution in [0.1, 0.15) is 64.0 Å². The van der Waals surface area contributed by atoms with Crippen molar-refractivity contribution in [3.8, 4) is 0 Å². The van der Waals surface area contributed by atoms with E-state index in [-0.39, 0.29) is 38.1 Å². The number of primary amides is 2. The maximum Gasteiger partial charge on any atom is 0.270 e. The van der Waals surface area contributed by atoms with Gasteiger partial charge < -0.3 is 62.5 Å². The molecule has 1 fully saturated rings. The van der Waals surface area contributed by atoms with Crippen LogP contribution in [-0.4, -0.2) is 125 Å². The lowest BCUT2D eigenvalue weighted by Gasteiger charge is -2.44. The summed E-state index contributed by atoms with van der Waals surface area (Å²) in [6, 6.07) is 9.88. The summed E-state index contributed by atoms with van der Waals surface area (Å²) in [5, 5.41) is 44.5. The molecule has 1 saturated heterocycles. The molecule has 0 aromatic heterocycles. The van der Waals surface area contributed by atoms with Crippen LogP contribution >= 0.6 is 0 Å². The third-order valence-corrected chi connectivity index (χ3v) is 9.69. The summed E-state index contributed by atoms with van der Waals surface area (Å²) in [7, 11) is 0. The molecule has 0 aliphatic carbocycles. The summed E-state index contributed by atoms with van der Waals surface area (Å²) < 4.78 is 17.6. The molecule has 2 aromatic carbocycles. The van der Waals surface area contributed by atoms with Crippen molar-refractivity contribution in [3.05, 3.63) is 81.9 Å². The number of ether oxygens (including phenoxy) is 3. The van der Waals surface area contributed by atoms with Gasteiger partial charge in [0.25, 0.3) is 5.69 Å². The molecule has 63 heavy (non-hydrogen) atoms. The summed E-state index contributed by atoms with van der Waals surface area (Å²) in [5.41, 5.74) is 12.1. The SMILES string of the molecule is CC(=O)N[C@H]1[C@@H](OCc2ccccc2)O[C@H](CO)[C@@H](O)[C@@H]1O[C@H](C)C(=O)N[C@@H](C)C(=O)N[C@H](CCC(=O)N[C@@H](CCCCNC(=O)/C=C/c1cccc([N+](=O)[O-])c1)C(N)=O)C(N)=O. The molecule has 1 aliphatic rings. The molecule has 9 atom stereocenters. The normalized spacial score (nSPS) is 20.3. The number of nitro groups is 1. The molecule has 0 bridgehead atoms. The van der Waals surface area contributed by atoms with Gasteiger partial charge in [0.05, 0.1) is 18.1 Å². The molecule has 0 radical (unpaired) electrons. The monoisotopic (exact) mass is 884 g/mol. The highest BCUT2D eigenvalue weighted by Crippen LogP contribution is 2.26. The fraction of sp³-hybridized carbons (Fsp3) is 0.488. The standard InChI is InChI=1S/C41H56N8O14/c1-23(45-40(58)24(2)62-36-34(46-25(3)51)41(63-31(21-50)35(36)54)61-22-27-10-5-4-6-11-27)39(57)48-30(38(43)56)16-18-33(53)47-29(37(42)55)14-7-8-19-44-32(52)17-15-26-12-9-13-28(20-26)49(59)60/h4-6,9-13,15,17,20,23-24,29-31,34-36,41,50,54H,7-8,14,16,18-19,21-22H2,1-3H3,(H2,42,55)(H2,43,56)(H,44,52)(H,45,58)(H,46,51)(H,47,53)(H,48,57)/b17-15+/t23-,24+,29-,30+,31+,34+,35+,36+,41-/m0/s1. The van der Waals surface area contributed by atoms with E-state index in [1.807, 2.05) is 6.07 Å². The van der Waals surface area contributed by atoms with E-state index >= 15 is 0 Å². The van der Waals surface area contributed by atoms with E-state index in [0.717, 1.165) is 5.56 Å². The number of aliphatic hydroxyl groups is 2. The number of rotatable bonds is 25. The molecule has 0 saturated carbocycles. The number of carbonyl (C=O) groups excluding carboxylic acids is 7. The number of nitrogens with zero attached hydrogens (tertiary/aromatic N) is 1. The first-order valence-electron chi connectivity index (χ1n) is 20.1. The number of non-ortho nitro benzene ring substituents is 1. The van der Waals surface area contributed by atoms with E-state index in [1.165, 1.54) is 51.1 Å². The van der Waals surface area contributed by atoms with Crippen LogP contribution in [0, 0.1) is 10.1 Å². The van der Waals surface area contributed by atoms with Gasteiger partial charge in [0.15, 0.2) is 6.29 Å². The fourth-order valence-electron chi connectivity index (χ4n) is 6.27. The lowest BCUT2D eigenvalue weighted by atomic mass is 9.96. The van der Waals surface area contributed by atoms with Crippen LogP contribution in [0.3, 0.4) is 0 Å². The van der Waals surface area contributed by atoms with Gasteiger partial charge in [0.2, 0.25) is 41.4 Å². The number of aliphatic hydroxyl groups excluding tert-OH is 2. The minimum absolute atomic E-state index is 0.0382. The highest BCUT2D eigenvalue weighted by molar-refractivity contribution is 5.93. The summed E-state index contributed by atoms with van der Waals surface area (Å²) in [6.45, 7) is 3.47. The molecule has 22 heteroatoms. The topological polar surface area (TPSA) is 343 Å². The first-order valence-corrected chi connectivity index (χ1v) is 20.1. The maximum atomic E-state index is 13.2. The van der Waals surface area contributed by atoms with Crippen LogP contribution in [0.4, 0.5) is 5.69 Å². The van der Waals surface area contributed by atoms with Crippen LogP contribution in [0.5, 0.6) is 0 Å². The Morgan fingerprint density at radius 1 is 0.921 bits per heavy atom. The molecule has 7 amide bonds. The summed E-state index contributed by atoms with van der Waals surface area (Å²) in [5.74, 6) is -5.13. The average molecular weight is 885 g/mol. The van der Waals surface area contributed by atoms with Gasteiger partial charge >= 0.3 is 0 Å². The van der Waals surface area contributed by atoms with Gasteiger partial charge in [0.1, 0.15) is 48.6 Å². The fourth-order valence-corrected chi connectivity index (χ4v) is 6.27. The third kappa shape index (κ3) is 17.2. The number of hydrogen-bond acceptors (Lipinski definition) is 14. The van der Waals surface area contributed by atoms with E-state index in [1.54, 1.807) is 30.3 Å². The van der Waals surface area contributed by atoms with Crippen molar-refractivity contribution in [3.63, 3.8) is 0 Å². The van der Waals surface area contributed by atoms with Gasteiger partial charge in [-0.25, -0.2) is 0 Å².